The minimum atomic E-state index is -0.267. The van der Waals surface area contributed by atoms with Crippen LogP contribution in [0, 0.1) is 13.8 Å². The minimum Gasteiger partial charge on any atom is -0.496 e. The van der Waals surface area contributed by atoms with Crippen LogP contribution in [0.15, 0.2) is 47.4 Å². The van der Waals surface area contributed by atoms with Crippen molar-refractivity contribution in [2.24, 2.45) is 0 Å². The molecule has 0 saturated carbocycles. The van der Waals surface area contributed by atoms with Crippen molar-refractivity contribution in [3.05, 3.63) is 75.5 Å². The van der Waals surface area contributed by atoms with Gasteiger partial charge >= 0.3 is 0 Å². The molecular formula is C31H38N6O3. The van der Waals surface area contributed by atoms with Crippen molar-refractivity contribution >= 4 is 22.6 Å². The molecule has 3 aromatic heterocycles. The Bertz CT molecular complexity index is 1580. The fraction of sp³-hybridized carbons (Fsp3) is 0.387. The molecule has 1 unspecified atom stereocenters. The van der Waals surface area contributed by atoms with Crippen LogP contribution in [0.3, 0.4) is 0 Å². The number of carbonyl (C=O) groups excluding carboxylic acids is 1. The Kier molecular flexibility index (Phi) is 7.93. The van der Waals surface area contributed by atoms with Gasteiger partial charge in [-0.1, -0.05) is 19.1 Å². The molecule has 0 aliphatic carbocycles. The van der Waals surface area contributed by atoms with Crippen LogP contribution in [0.5, 0.6) is 5.75 Å². The Morgan fingerprint density at radius 2 is 1.88 bits per heavy atom. The smallest absolute Gasteiger partial charge is 0.256 e. The Balaban J connectivity index is 1.48. The highest BCUT2D eigenvalue weighted by molar-refractivity contribution is 6.09. The van der Waals surface area contributed by atoms with Gasteiger partial charge in [0.2, 0.25) is 0 Å². The van der Waals surface area contributed by atoms with Crippen molar-refractivity contribution in [3.8, 4) is 16.9 Å². The number of aromatic amines is 1. The highest BCUT2D eigenvalue weighted by atomic mass is 16.5. The standard InChI is InChI=1S/C31H38N6O3/c1-6-20(3)37-21(4)29(31(39)34-18-25-27(40-5)15-19(2)35-30(25)38)24-9-7-22(16-26(24)37)23-8-10-28(33-17-23)36-13-11-32-12-14-36/h7-10,15-17,20,32H,6,11-14,18H2,1-5H3,(H,34,39)(H,35,38). The van der Waals surface area contributed by atoms with Crippen molar-refractivity contribution in [3.63, 3.8) is 0 Å². The molecule has 1 aliphatic heterocycles. The molecule has 9 heteroatoms. The second kappa shape index (κ2) is 11.6. The zero-order valence-corrected chi connectivity index (χ0v) is 23.9. The summed E-state index contributed by atoms with van der Waals surface area (Å²) in [7, 11) is 1.52. The first-order chi connectivity index (χ1) is 19.3. The van der Waals surface area contributed by atoms with E-state index < -0.39 is 0 Å². The van der Waals surface area contributed by atoms with Gasteiger partial charge in [-0.25, -0.2) is 4.98 Å². The van der Waals surface area contributed by atoms with Crippen LogP contribution in [0.4, 0.5) is 5.82 Å². The summed E-state index contributed by atoms with van der Waals surface area (Å²) in [6, 6.07) is 12.4. The number of carbonyl (C=O) groups is 1. The van der Waals surface area contributed by atoms with Gasteiger partial charge in [-0.15, -0.1) is 0 Å². The van der Waals surface area contributed by atoms with E-state index in [0.29, 0.717) is 22.6 Å². The van der Waals surface area contributed by atoms with Crippen molar-refractivity contribution in [2.45, 2.75) is 46.7 Å². The summed E-state index contributed by atoms with van der Waals surface area (Å²) < 4.78 is 7.65. The molecule has 5 rings (SSSR count). The molecule has 210 valence electrons. The van der Waals surface area contributed by atoms with Crippen LogP contribution < -0.4 is 25.8 Å². The lowest BCUT2D eigenvalue weighted by Gasteiger charge is -2.28. The Labute approximate surface area is 234 Å². The fourth-order valence-electron chi connectivity index (χ4n) is 5.59. The number of hydrogen-bond acceptors (Lipinski definition) is 6. The number of H-pyrrole nitrogens is 1. The van der Waals surface area contributed by atoms with Crippen molar-refractivity contribution in [2.75, 3.05) is 38.2 Å². The number of ether oxygens (including phenoxy) is 1. The number of anilines is 1. The van der Waals surface area contributed by atoms with Gasteiger partial charge in [0.1, 0.15) is 11.6 Å². The van der Waals surface area contributed by atoms with Gasteiger partial charge < -0.3 is 29.8 Å². The number of methoxy groups -OCH3 is 1. The summed E-state index contributed by atoms with van der Waals surface area (Å²) in [5.74, 6) is 1.23. The lowest BCUT2D eigenvalue weighted by molar-refractivity contribution is 0.0951. The molecule has 4 heterocycles. The van der Waals surface area contributed by atoms with E-state index in [1.54, 1.807) is 13.0 Å². The fourth-order valence-corrected chi connectivity index (χ4v) is 5.59. The van der Waals surface area contributed by atoms with Crippen LogP contribution in [0.25, 0.3) is 22.0 Å². The van der Waals surface area contributed by atoms with Crippen molar-refractivity contribution < 1.29 is 9.53 Å². The maximum Gasteiger partial charge on any atom is 0.256 e. The van der Waals surface area contributed by atoms with Gasteiger partial charge in [0.05, 0.1) is 24.8 Å². The molecule has 0 spiro atoms. The van der Waals surface area contributed by atoms with E-state index in [9.17, 15) is 9.59 Å². The zero-order valence-electron chi connectivity index (χ0n) is 23.9. The second-order valence-electron chi connectivity index (χ2n) is 10.5. The van der Waals surface area contributed by atoms with Crippen LogP contribution in [0.1, 0.15) is 53.6 Å². The molecular weight excluding hydrogens is 504 g/mol. The van der Waals surface area contributed by atoms with Crippen LogP contribution in [-0.4, -0.2) is 53.7 Å². The van der Waals surface area contributed by atoms with Gasteiger partial charge in [-0.2, -0.15) is 0 Å². The molecule has 1 atom stereocenters. The maximum atomic E-state index is 13.6. The van der Waals surface area contributed by atoms with Crippen LogP contribution >= 0.6 is 0 Å². The molecule has 1 amide bonds. The minimum absolute atomic E-state index is 0.0657. The lowest BCUT2D eigenvalue weighted by Crippen LogP contribution is -2.43. The van der Waals surface area contributed by atoms with Crippen LogP contribution in [0.2, 0.25) is 0 Å². The van der Waals surface area contributed by atoms with Crippen LogP contribution in [-0.2, 0) is 6.54 Å². The van der Waals surface area contributed by atoms with E-state index in [-0.39, 0.29) is 24.1 Å². The number of piperazine rings is 1. The predicted octanol–water partition coefficient (Wildman–Crippen LogP) is 4.33. The summed E-state index contributed by atoms with van der Waals surface area (Å²) in [4.78, 5) is 36.0. The first kappa shape index (κ1) is 27.5. The molecule has 40 heavy (non-hydrogen) atoms. The molecule has 1 aromatic carbocycles. The van der Waals surface area contributed by atoms with E-state index in [0.717, 1.165) is 66.1 Å². The number of nitrogens with zero attached hydrogens (tertiary/aromatic N) is 3. The van der Waals surface area contributed by atoms with Crippen molar-refractivity contribution in [1.29, 1.82) is 0 Å². The third kappa shape index (κ3) is 5.21. The quantitative estimate of drug-likeness (QED) is 0.306. The molecule has 0 bridgehead atoms. The Hall–Kier alpha value is -4.11. The Morgan fingerprint density at radius 1 is 1.12 bits per heavy atom. The predicted molar refractivity (Wildman–Crippen MR) is 160 cm³/mol. The van der Waals surface area contributed by atoms with E-state index in [1.807, 2.05) is 19.2 Å². The topological polar surface area (TPSA) is 104 Å². The van der Waals surface area contributed by atoms with E-state index in [4.69, 9.17) is 9.72 Å². The zero-order chi connectivity index (χ0) is 28.4. The van der Waals surface area contributed by atoms with E-state index in [1.165, 1.54) is 7.11 Å². The summed E-state index contributed by atoms with van der Waals surface area (Å²) in [6.45, 7) is 12.0. The summed E-state index contributed by atoms with van der Waals surface area (Å²) >= 11 is 0. The number of fused-ring (bicyclic) bond motifs is 1. The van der Waals surface area contributed by atoms with Gasteiger partial charge in [0, 0.05) is 66.3 Å². The molecule has 0 radical (unpaired) electrons. The Morgan fingerprint density at radius 3 is 2.55 bits per heavy atom. The average molecular weight is 543 g/mol. The number of rotatable bonds is 8. The number of aromatic nitrogens is 3. The third-order valence-corrected chi connectivity index (χ3v) is 7.91. The normalized spacial score (nSPS) is 14.4. The number of benzene rings is 1. The molecule has 1 saturated heterocycles. The first-order valence-electron chi connectivity index (χ1n) is 13.9. The third-order valence-electron chi connectivity index (χ3n) is 7.91. The highest BCUT2D eigenvalue weighted by Crippen LogP contribution is 2.34. The number of hydrogen-bond donors (Lipinski definition) is 3. The van der Waals surface area contributed by atoms with E-state index >= 15 is 0 Å². The average Bonchev–Trinajstić information content (AvgIpc) is 3.27. The summed E-state index contributed by atoms with van der Waals surface area (Å²) in [5, 5.41) is 7.23. The van der Waals surface area contributed by atoms with Gasteiger partial charge in [0.25, 0.3) is 11.5 Å². The molecule has 1 aliphatic rings. The maximum absolute atomic E-state index is 13.6. The summed E-state index contributed by atoms with van der Waals surface area (Å²) in [5.41, 5.74) is 5.44. The monoisotopic (exact) mass is 542 g/mol. The lowest BCUT2D eigenvalue weighted by atomic mass is 10.0. The molecule has 3 N–H and O–H groups in total. The van der Waals surface area contributed by atoms with Crippen molar-refractivity contribution in [1.82, 2.24) is 25.2 Å². The second-order valence-corrected chi connectivity index (χ2v) is 10.5. The number of pyridine rings is 2. The molecule has 1 fully saturated rings. The van der Waals surface area contributed by atoms with Gasteiger partial charge in [0.15, 0.2) is 0 Å². The highest BCUT2D eigenvalue weighted by Gasteiger charge is 2.23. The van der Waals surface area contributed by atoms with Gasteiger partial charge in [-0.05, 0) is 57.0 Å². The molecule has 9 nitrogen and oxygen atoms in total. The number of amides is 1. The van der Waals surface area contributed by atoms with E-state index in [2.05, 4.69) is 63.2 Å². The SMILES string of the molecule is CCC(C)n1c(C)c(C(=O)NCc2c(OC)cc(C)[nH]c2=O)c2ccc(-c3ccc(N4CCNCC4)nc3)cc21. The molecule has 4 aromatic rings. The summed E-state index contributed by atoms with van der Waals surface area (Å²) in [6.07, 6.45) is 2.86. The number of aryl methyl sites for hydroxylation is 1. The first-order valence-corrected chi connectivity index (χ1v) is 13.9. The van der Waals surface area contributed by atoms with Gasteiger partial charge in [-0.3, -0.25) is 9.59 Å². The largest absolute Gasteiger partial charge is 0.496 e. The number of nitrogens with one attached hydrogen (secondary N) is 3.